The molecule has 1 rings (SSSR count). The zero-order valence-electron chi connectivity index (χ0n) is 8.54. The van der Waals surface area contributed by atoms with E-state index < -0.39 is 5.97 Å². The first-order valence-electron chi connectivity index (χ1n) is 4.40. The monoisotopic (exact) mass is 273 g/mol. The number of hydrogen-bond donors (Lipinski definition) is 1. The molecule has 0 aliphatic rings. The normalized spacial score (nSPS) is 9.80. The Bertz CT molecular complexity index is 379. The van der Waals surface area contributed by atoms with Crippen molar-refractivity contribution in [3.63, 3.8) is 0 Å². The number of nitrogens with two attached hydrogens (primary N) is 1. The quantitative estimate of drug-likeness (QED) is 0.678. The Balaban J connectivity index is 3.10. The SMILES string of the molecule is CCOC(=O)c1cc(N)c(OC)cc1Br. The Morgan fingerprint density at radius 3 is 2.73 bits per heavy atom. The van der Waals surface area contributed by atoms with E-state index in [1.54, 1.807) is 13.0 Å². The van der Waals surface area contributed by atoms with E-state index in [1.807, 2.05) is 0 Å². The molecule has 0 atom stereocenters. The van der Waals surface area contributed by atoms with Gasteiger partial charge in [-0.15, -0.1) is 0 Å². The molecular formula is C10H12BrNO3. The number of benzene rings is 1. The van der Waals surface area contributed by atoms with Crippen molar-refractivity contribution in [2.24, 2.45) is 0 Å². The van der Waals surface area contributed by atoms with Crippen molar-refractivity contribution < 1.29 is 14.3 Å². The Hall–Kier alpha value is -1.23. The van der Waals surface area contributed by atoms with E-state index in [1.165, 1.54) is 13.2 Å². The average Bonchev–Trinajstić information content (AvgIpc) is 2.21. The number of halogens is 1. The summed E-state index contributed by atoms with van der Waals surface area (Å²) in [6.07, 6.45) is 0. The Morgan fingerprint density at radius 1 is 1.53 bits per heavy atom. The van der Waals surface area contributed by atoms with Crippen LogP contribution in [0.15, 0.2) is 16.6 Å². The molecule has 0 spiro atoms. The summed E-state index contributed by atoms with van der Waals surface area (Å²) < 4.78 is 10.5. The van der Waals surface area contributed by atoms with Gasteiger partial charge < -0.3 is 15.2 Å². The van der Waals surface area contributed by atoms with Crippen molar-refractivity contribution >= 4 is 27.6 Å². The van der Waals surface area contributed by atoms with Crippen LogP contribution < -0.4 is 10.5 Å². The first-order valence-corrected chi connectivity index (χ1v) is 5.19. The van der Waals surface area contributed by atoms with Crippen LogP contribution >= 0.6 is 15.9 Å². The van der Waals surface area contributed by atoms with E-state index in [0.717, 1.165) is 0 Å². The van der Waals surface area contributed by atoms with Crippen molar-refractivity contribution in [1.29, 1.82) is 0 Å². The number of anilines is 1. The molecule has 4 nitrogen and oxygen atoms in total. The third-order valence-corrected chi connectivity index (χ3v) is 2.47. The average molecular weight is 274 g/mol. The van der Waals surface area contributed by atoms with Crippen molar-refractivity contribution in [2.45, 2.75) is 6.92 Å². The molecule has 2 N–H and O–H groups in total. The summed E-state index contributed by atoms with van der Waals surface area (Å²) in [6, 6.07) is 3.17. The van der Waals surface area contributed by atoms with Crippen molar-refractivity contribution in [2.75, 3.05) is 19.5 Å². The lowest BCUT2D eigenvalue weighted by Crippen LogP contribution is -2.07. The molecule has 0 radical (unpaired) electrons. The van der Waals surface area contributed by atoms with Crippen LogP contribution in [0.5, 0.6) is 5.75 Å². The molecule has 0 heterocycles. The predicted octanol–water partition coefficient (Wildman–Crippen LogP) is 2.22. The summed E-state index contributed by atoms with van der Waals surface area (Å²) in [5, 5.41) is 0. The predicted molar refractivity (Wildman–Crippen MR) is 61.1 cm³/mol. The van der Waals surface area contributed by atoms with Crippen LogP contribution in [0.3, 0.4) is 0 Å². The molecule has 5 heteroatoms. The van der Waals surface area contributed by atoms with Gasteiger partial charge in [0.2, 0.25) is 0 Å². The minimum Gasteiger partial charge on any atom is -0.495 e. The lowest BCUT2D eigenvalue weighted by atomic mass is 10.2. The second-order valence-corrected chi connectivity index (χ2v) is 3.65. The van der Waals surface area contributed by atoms with Gasteiger partial charge in [0.15, 0.2) is 0 Å². The van der Waals surface area contributed by atoms with Crippen LogP contribution in [0.2, 0.25) is 0 Å². The lowest BCUT2D eigenvalue weighted by Gasteiger charge is -2.09. The third kappa shape index (κ3) is 2.62. The fraction of sp³-hybridized carbons (Fsp3) is 0.300. The molecule has 0 saturated heterocycles. The summed E-state index contributed by atoms with van der Waals surface area (Å²) in [4.78, 5) is 11.5. The fourth-order valence-electron chi connectivity index (χ4n) is 1.11. The summed E-state index contributed by atoms with van der Waals surface area (Å²) in [5.74, 6) is 0.119. The molecule has 82 valence electrons. The van der Waals surface area contributed by atoms with Gasteiger partial charge in [-0.2, -0.15) is 0 Å². The van der Waals surface area contributed by atoms with Gasteiger partial charge in [-0.3, -0.25) is 0 Å². The van der Waals surface area contributed by atoms with Gasteiger partial charge in [0, 0.05) is 4.47 Å². The van der Waals surface area contributed by atoms with E-state index >= 15 is 0 Å². The molecule has 0 aliphatic heterocycles. The van der Waals surface area contributed by atoms with Crippen LogP contribution in [0, 0.1) is 0 Å². The second kappa shape index (κ2) is 5.02. The number of ether oxygens (including phenoxy) is 2. The highest BCUT2D eigenvalue weighted by Gasteiger charge is 2.14. The Labute approximate surface area is 96.5 Å². The van der Waals surface area contributed by atoms with E-state index in [-0.39, 0.29) is 0 Å². The molecule has 0 unspecified atom stereocenters. The van der Waals surface area contributed by atoms with E-state index in [0.29, 0.717) is 28.1 Å². The second-order valence-electron chi connectivity index (χ2n) is 2.79. The maximum atomic E-state index is 11.5. The summed E-state index contributed by atoms with van der Waals surface area (Å²) in [6.45, 7) is 2.08. The highest BCUT2D eigenvalue weighted by atomic mass is 79.9. The first-order chi connectivity index (χ1) is 7.10. The van der Waals surface area contributed by atoms with Gasteiger partial charge in [-0.1, -0.05) is 0 Å². The first kappa shape index (κ1) is 11.8. The van der Waals surface area contributed by atoms with Gasteiger partial charge in [-0.25, -0.2) is 4.79 Å². The highest BCUT2D eigenvalue weighted by molar-refractivity contribution is 9.10. The minimum atomic E-state index is -0.404. The van der Waals surface area contributed by atoms with E-state index in [9.17, 15) is 4.79 Å². The summed E-state index contributed by atoms with van der Waals surface area (Å²) in [7, 11) is 1.52. The standard InChI is InChI=1S/C10H12BrNO3/c1-3-15-10(13)6-4-8(12)9(14-2)5-7(6)11/h4-5H,3,12H2,1-2H3. The van der Waals surface area contributed by atoms with Crippen LogP contribution in [-0.4, -0.2) is 19.7 Å². The van der Waals surface area contributed by atoms with Gasteiger partial charge in [0.1, 0.15) is 5.75 Å². The number of rotatable bonds is 3. The van der Waals surface area contributed by atoms with Crippen LogP contribution in [0.1, 0.15) is 17.3 Å². The smallest absolute Gasteiger partial charge is 0.339 e. The number of esters is 1. The summed E-state index contributed by atoms with van der Waals surface area (Å²) >= 11 is 3.26. The van der Waals surface area contributed by atoms with E-state index in [4.69, 9.17) is 15.2 Å². The number of carbonyl (C=O) groups is 1. The molecule has 0 aliphatic carbocycles. The highest BCUT2D eigenvalue weighted by Crippen LogP contribution is 2.29. The number of nitrogen functional groups attached to an aromatic ring is 1. The maximum absolute atomic E-state index is 11.5. The van der Waals surface area contributed by atoms with Crippen molar-refractivity contribution in [3.8, 4) is 5.75 Å². The van der Waals surface area contributed by atoms with Crippen LogP contribution in [0.25, 0.3) is 0 Å². The molecule has 15 heavy (non-hydrogen) atoms. The van der Waals surface area contributed by atoms with Gasteiger partial charge in [0.05, 0.1) is 25.0 Å². The van der Waals surface area contributed by atoms with Crippen LogP contribution in [-0.2, 0) is 4.74 Å². The largest absolute Gasteiger partial charge is 0.495 e. The Morgan fingerprint density at radius 2 is 2.20 bits per heavy atom. The fourth-order valence-corrected chi connectivity index (χ4v) is 1.60. The summed E-state index contributed by atoms with van der Waals surface area (Å²) in [5.41, 5.74) is 6.49. The molecule has 1 aromatic carbocycles. The maximum Gasteiger partial charge on any atom is 0.339 e. The molecule has 0 saturated carbocycles. The number of methoxy groups -OCH3 is 1. The van der Waals surface area contributed by atoms with Crippen LogP contribution in [0.4, 0.5) is 5.69 Å². The van der Waals surface area contributed by atoms with E-state index in [2.05, 4.69) is 15.9 Å². The number of hydrogen-bond acceptors (Lipinski definition) is 4. The molecule has 0 aromatic heterocycles. The number of carbonyl (C=O) groups excluding carboxylic acids is 1. The molecular weight excluding hydrogens is 262 g/mol. The van der Waals surface area contributed by atoms with Gasteiger partial charge in [0.25, 0.3) is 0 Å². The zero-order valence-corrected chi connectivity index (χ0v) is 10.1. The van der Waals surface area contributed by atoms with Gasteiger partial charge >= 0.3 is 5.97 Å². The van der Waals surface area contributed by atoms with Gasteiger partial charge in [-0.05, 0) is 35.0 Å². The third-order valence-electron chi connectivity index (χ3n) is 1.81. The molecule has 1 aromatic rings. The molecule has 0 bridgehead atoms. The Kier molecular flexibility index (Phi) is 3.96. The van der Waals surface area contributed by atoms with Crippen molar-refractivity contribution in [3.05, 3.63) is 22.2 Å². The lowest BCUT2D eigenvalue weighted by molar-refractivity contribution is 0.0525. The molecule has 0 amide bonds. The molecule has 0 fully saturated rings. The topological polar surface area (TPSA) is 61.5 Å². The zero-order chi connectivity index (χ0) is 11.4. The van der Waals surface area contributed by atoms with Crippen molar-refractivity contribution in [1.82, 2.24) is 0 Å². The minimum absolute atomic E-state index is 0.331.